The summed E-state index contributed by atoms with van der Waals surface area (Å²) in [4.78, 5) is 43.1. The van der Waals surface area contributed by atoms with Gasteiger partial charge >= 0.3 is 12.0 Å². The first-order valence-electron chi connectivity index (χ1n) is 15.0. The number of piperidine rings is 2. The van der Waals surface area contributed by atoms with Crippen molar-refractivity contribution in [2.45, 2.75) is 142 Å². The van der Waals surface area contributed by atoms with Crippen LogP contribution in [-0.4, -0.2) is 85.8 Å². The van der Waals surface area contributed by atoms with Gasteiger partial charge in [0.15, 0.2) is 24.8 Å². The minimum absolute atomic E-state index is 0.0228. The van der Waals surface area contributed by atoms with E-state index in [2.05, 4.69) is 101 Å². The zero-order chi connectivity index (χ0) is 30.1. The fraction of sp³-hybridized carbons (Fsp3) is 0.839. The molecule has 40 heavy (non-hydrogen) atoms. The summed E-state index contributed by atoms with van der Waals surface area (Å²) in [5.41, 5.74) is -0.511. The Labute approximate surface area is 241 Å². The van der Waals surface area contributed by atoms with Crippen LogP contribution in [0, 0.1) is 11.8 Å². The lowest BCUT2D eigenvalue weighted by molar-refractivity contribution is -0.127. The normalized spacial score (nSPS) is 27.4. The molecular weight excluding hydrogens is 506 g/mol. The van der Waals surface area contributed by atoms with Crippen LogP contribution in [0.4, 0.5) is 0 Å². The molecule has 2 aliphatic heterocycles. The highest BCUT2D eigenvalue weighted by atomic mass is 16.5. The zero-order valence-corrected chi connectivity index (χ0v) is 26.8. The highest BCUT2D eigenvalue weighted by Crippen LogP contribution is 2.44. The average molecular weight is 560 g/mol. The van der Waals surface area contributed by atoms with E-state index in [0.29, 0.717) is 12.2 Å². The Bertz CT molecular complexity index is 966. The van der Waals surface area contributed by atoms with Crippen LogP contribution < -0.4 is 9.47 Å². The highest BCUT2D eigenvalue weighted by Gasteiger charge is 2.50. The monoisotopic (exact) mass is 559 g/mol. The molecule has 0 saturated carbocycles. The number of nitrogens with zero attached hydrogens (tertiary/aromatic N) is 5. The maximum atomic E-state index is 12.4. The van der Waals surface area contributed by atoms with E-state index in [1.54, 1.807) is 0 Å². The van der Waals surface area contributed by atoms with Gasteiger partial charge in [-0.3, -0.25) is 19.4 Å². The van der Waals surface area contributed by atoms with Gasteiger partial charge in [0.25, 0.3) is 0 Å². The predicted octanol–water partition coefficient (Wildman–Crippen LogP) is 4.90. The van der Waals surface area contributed by atoms with Crippen LogP contribution >= 0.6 is 0 Å². The average Bonchev–Trinajstić information content (AvgIpc) is 2.87. The van der Waals surface area contributed by atoms with Crippen LogP contribution in [0.15, 0.2) is 0 Å². The third-order valence-electron chi connectivity index (χ3n) is 10.4. The van der Waals surface area contributed by atoms with E-state index in [-0.39, 0.29) is 46.0 Å². The van der Waals surface area contributed by atoms with Gasteiger partial charge in [-0.25, -0.2) is 0 Å². The van der Waals surface area contributed by atoms with Gasteiger partial charge in [0, 0.05) is 40.4 Å². The molecule has 9 heteroatoms. The van der Waals surface area contributed by atoms with Crippen LogP contribution in [0.1, 0.15) is 107 Å². The lowest BCUT2D eigenvalue weighted by Gasteiger charge is -2.55. The molecule has 4 unspecified atom stereocenters. The van der Waals surface area contributed by atoms with Gasteiger partial charge in [0.2, 0.25) is 0 Å². The van der Waals surface area contributed by atoms with Crippen LogP contribution in [0.2, 0.25) is 0 Å². The smallest absolute Gasteiger partial charge is 0.323 e. The predicted molar refractivity (Wildman–Crippen MR) is 157 cm³/mol. The summed E-state index contributed by atoms with van der Waals surface area (Å²) in [6.45, 7) is 19.7. The van der Waals surface area contributed by atoms with Crippen molar-refractivity contribution >= 4 is 12.6 Å². The van der Waals surface area contributed by atoms with E-state index >= 15 is 0 Å². The third-order valence-corrected chi connectivity index (χ3v) is 10.4. The van der Waals surface area contributed by atoms with Gasteiger partial charge in [-0.05, 0) is 102 Å². The van der Waals surface area contributed by atoms with Crippen LogP contribution in [-0.2, 0) is 16.0 Å². The molecule has 0 aromatic carbocycles. The second-order valence-corrected chi connectivity index (χ2v) is 14.2. The largest absolute Gasteiger partial charge is 0.452 e. The first-order chi connectivity index (χ1) is 18.5. The standard InChI is InChI=1S/C31H53N5O4/c1-12-13-14-25-32-26(39-23(19-37)21-15-17-28(2,3)35(10)30(21,6)7)34-27(33-25)40-24(20-38)22-16-18-29(4,5)36(11)31(22,8)9/h19-24H,12-18H2,1-11H3. The molecule has 1 aromatic heterocycles. The zero-order valence-electron chi connectivity index (χ0n) is 26.8. The summed E-state index contributed by atoms with van der Waals surface area (Å²) in [7, 11) is 4.22. The summed E-state index contributed by atoms with van der Waals surface area (Å²) in [6, 6.07) is 0.143. The number of unbranched alkanes of at least 4 members (excludes halogenated alkanes) is 1. The van der Waals surface area contributed by atoms with E-state index in [1.807, 2.05) is 0 Å². The number of hydrogen-bond acceptors (Lipinski definition) is 9. The van der Waals surface area contributed by atoms with E-state index in [1.165, 1.54) is 0 Å². The lowest BCUT2D eigenvalue weighted by atomic mass is 9.70. The molecule has 0 N–H and O–H groups in total. The Morgan fingerprint density at radius 2 is 1.18 bits per heavy atom. The van der Waals surface area contributed by atoms with Crippen molar-refractivity contribution in [2.24, 2.45) is 11.8 Å². The maximum absolute atomic E-state index is 12.4. The number of aldehydes is 2. The van der Waals surface area contributed by atoms with Crippen LogP contribution in [0.3, 0.4) is 0 Å². The minimum Gasteiger partial charge on any atom is -0.452 e. The van der Waals surface area contributed by atoms with E-state index in [4.69, 9.17) is 9.47 Å². The van der Waals surface area contributed by atoms with Gasteiger partial charge in [0.1, 0.15) is 5.82 Å². The number of carbonyl (C=O) groups is 2. The number of aryl methyl sites for hydroxylation is 1. The van der Waals surface area contributed by atoms with Gasteiger partial charge in [0.05, 0.1) is 0 Å². The number of carbonyl (C=O) groups excluding carboxylic acids is 2. The van der Waals surface area contributed by atoms with Crippen molar-refractivity contribution in [3.8, 4) is 12.0 Å². The molecule has 3 rings (SSSR count). The summed E-state index contributed by atoms with van der Waals surface area (Å²) < 4.78 is 12.5. The number of ether oxygens (including phenoxy) is 2. The fourth-order valence-electron chi connectivity index (χ4n) is 6.83. The second kappa shape index (κ2) is 12.0. The SMILES string of the molecule is CCCCc1nc(OC(C=O)C2CCC(C)(C)N(C)C2(C)C)nc(OC(C=O)C2CCC(C)(C)N(C)C2(C)C)n1. The van der Waals surface area contributed by atoms with Crippen molar-refractivity contribution in [2.75, 3.05) is 14.1 Å². The summed E-state index contributed by atoms with van der Waals surface area (Å²) in [5, 5.41) is 0. The van der Waals surface area contributed by atoms with Crippen LogP contribution in [0.5, 0.6) is 12.0 Å². The quantitative estimate of drug-likeness (QED) is 0.350. The molecule has 9 nitrogen and oxygen atoms in total. The topological polar surface area (TPSA) is 97.8 Å². The molecule has 0 amide bonds. The lowest BCUT2D eigenvalue weighted by Crippen LogP contribution is -2.63. The van der Waals surface area contributed by atoms with Gasteiger partial charge in [-0.15, -0.1) is 4.98 Å². The molecule has 4 atom stereocenters. The highest BCUT2D eigenvalue weighted by molar-refractivity contribution is 5.58. The molecular formula is C31H53N5O4. The van der Waals surface area contributed by atoms with E-state index in [0.717, 1.165) is 51.1 Å². The Morgan fingerprint density at radius 3 is 1.52 bits per heavy atom. The third kappa shape index (κ3) is 6.51. The summed E-state index contributed by atoms with van der Waals surface area (Å²) >= 11 is 0. The van der Waals surface area contributed by atoms with Crippen molar-refractivity contribution in [3.05, 3.63) is 5.82 Å². The van der Waals surface area contributed by atoms with E-state index < -0.39 is 12.2 Å². The summed E-state index contributed by atoms with van der Waals surface area (Å²) in [5.74, 6) is 0.444. The number of rotatable bonds is 11. The molecule has 226 valence electrons. The van der Waals surface area contributed by atoms with E-state index in [9.17, 15) is 9.59 Å². The molecule has 2 aliphatic rings. The fourth-order valence-corrected chi connectivity index (χ4v) is 6.83. The minimum atomic E-state index is -0.724. The van der Waals surface area contributed by atoms with Gasteiger partial charge < -0.3 is 9.47 Å². The van der Waals surface area contributed by atoms with Crippen molar-refractivity contribution < 1.29 is 19.1 Å². The molecule has 2 saturated heterocycles. The van der Waals surface area contributed by atoms with Gasteiger partial charge in [-0.1, -0.05) is 13.3 Å². The maximum Gasteiger partial charge on any atom is 0.323 e. The molecule has 1 aromatic rings. The number of likely N-dealkylation sites (tertiary alicyclic amines) is 2. The number of aromatic nitrogens is 3. The van der Waals surface area contributed by atoms with Crippen molar-refractivity contribution in [1.29, 1.82) is 0 Å². The Hall–Kier alpha value is -2.13. The number of hydrogen-bond donors (Lipinski definition) is 0. The molecule has 3 heterocycles. The van der Waals surface area contributed by atoms with Gasteiger partial charge in [-0.2, -0.15) is 9.97 Å². The first-order valence-corrected chi connectivity index (χ1v) is 15.0. The summed E-state index contributed by atoms with van der Waals surface area (Å²) in [6.07, 6.45) is 6.36. The second-order valence-electron chi connectivity index (χ2n) is 14.2. The Morgan fingerprint density at radius 1 is 0.775 bits per heavy atom. The Kier molecular flexibility index (Phi) is 9.72. The molecule has 0 spiro atoms. The first kappa shape index (κ1) is 32.4. The van der Waals surface area contributed by atoms with Crippen LogP contribution in [0.25, 0.3) is 0 Å². The van der Waals surface area contributed by atoms with Crippen molar-refractivity contribution in [3.63, 3.8) is 0 Å². The molecule has 0 bridgehead atoms. The Balaban J connectivity index is 1.90. The molecule has 2 fully saturated rings. The van der Waals surface area contributed by atoms with Crippen molar-refractivity contribution in [1.82, 2.24) is 24.8 Å². The molecule has 0 radical (unpaired) electrons. The molecule has 0 aliphatic carbocycles.